The zero-order valence-electron chi connectivity index (χ0n) is 8.82. The fourth-order valence-corrected chi connectivity index (χ4v) is 3.77. The van der Waals surface area contributed by atoms with Gasteiger partial charge in [0, 0.05) is 0 Å². The van der Waals surface area contributed by atoms with E-state index in [1.165, 1.54) is 19.3 Å². The lowest BCUT2D eigenvalue weighted by molar-refractivity contribution is 0.408. The van der Waals surface area contributed by atoms with Crippen molar-refractivity contribution in [1.82, 2.24) is 0 Å². The molecular formula is C14H18. The van der Waals surface area contributed by atoms with Gasteiger partial charge < -0.3 is 0 Å². The van der Waals surface area contributed by atoms with Crippen LogP contribution in [0.15, 0.2) is 30.3 Å². The maximum atomic E-state index is 2.46. The molecule has 2 aliphatic carbocycles. The predicted molar refractivity (Wildman–Crippen MR) is 59.2 cm³/mol. The lowest BCUT2D eigenvalue weighted by Crippen LogP contribution is -2.09. The minimum absolute atomic E-state index is 0.880. The first-order valence-corrected chi connectivity index (χ1v) is 5.91. The number of benzene rings is 1. The van der Waals surface area contributed by atoms with Crippen molar-refractivity contribution in [3.05, 3.63) is 35.9 Å². The third-order valence-corrected chi connectivity index (χ3v) is 4.59. The normalized spacial score (nSPS) is 40.4. The third-order valence-electron chi connectivity index (χ3n) is 4.59. The van der Waals surface area contributed by atoms with Crippen molar-refractivity contribution >= 4 is 0 Å². The first-order chi connectivity index (χ1) is 6.86. The molecule has 74 valence electrons. The number of hydrogen-bond acceptors (Lipinski definition) is 0. The van der Waals surface area contributed by atoms with E-state index in [0.717, 1.165) is 23.7 Å². The van der Waals surface area contributed by atoms with Gasteiger partial charge in [-0.3, -0.25) is 0 Å². The minimum Gasteiger partial charge on any atom is -0.0622 e. The summed E-state index contributed by atoms with van der Waals surface area (Å²) in [7, 11) is 0. The Bertz CT molecular complexity index is 314. The van der Waals surface area contributed by atoms with E-state index >= 15 is 0 Å². The van der Waals surface area contributed by atoms with Gasteiger partial charge in [-0.15, -0.1) is 0 Å². The van der Waals surface area contributed by atoms with E-state index in [1.807, 2.05) is 0 Å². The maximum absolute atomic E-state index is 2.46. The summed E-state index contributed by atoms with van der Waals surface area (Å²) in [5, 5.41) is 0. The second-order valence-electron chi connectivity index (χ2n) is 5.11. The molecule has 0 aliphatic heterocycles. The van der Waals surface area contributed by atoms with Crippen molar-refractivity contribution in [3.63, 3.8) is 0 Å². The molecule has 2 saturated carbocycles. The number of fused-ring (bicyclic) bond motifs is 2. The largest absolute Gasteiger partial charge is 0.0622 e. The summed E-state index contributed by atoms with van der Waals surface area (Å²) in [5.74, 6) is 3.89. The molecule has 3 rings (SSSR count). The Kier molecular flexibility index (Phi) is 1.90. The molecular weight excluding hydrogens is 168 g/mol. The lowest BCUT2D eigenvalue weighted by atomic mass is 9.83. The first kappa shape index (κ1) is 8.52. The van der Waals surface area contributed by atoms with E-state index in [2.05, 4.69) is 37.3 Å². The highest BCUT2D eigenvalue weighted by molar-refractivity contribution is 5.23. The summed E-state index contributed by atoms with van der Waals surface area (Å²) in [4.78, 5) is 0. The monoisotopic (exact) mass is 186 g/mol. The molecule has 0 nitrogen and oxygen atoms in total. The maximum Gasteiger partial charge on any atom is -0.0128 e. The van der Waals surface area contributed by atoms with Crippen LogP contribution >= 0.6 is 0 Å². The molecule has 14 heavy (non-hydrogen) atoms. The lowest BCUT2D eigenvalue weighted by Gasteiger charge is -2.22. The molecule has 0 amide bonds. The SMILES string of the molecule is CC1C2CCC1[C@@H](c1ccccc1)C2. The van der Waals surface area contributed by atoms with Gasteiger partial charge in [0.1, 0.15) is 0 Å². The summed E-state index contributed by atoms with van der Waals surface area (Å²) in [6.07, 6.45) is 4.43. The Balaban J connectivity index is 1.89. The Labute approximate surface area is 86.3 Å². The van der Waals surface area contributed by atoms with E-state index in [-0.39, 0.29) is 0 Å². The summed E-state index contributed by atoms with van der Waals surface area (Å²) in [5.41, 5.74) is 1.59. The summed E-state index contributed by atoms with van der Waals surface area (Å²) in [6, 6.07) is 11.1. The number of hydrogen-bond donors (Lipinski definition) is 0. The molecule has 0 radical (unpaired) electrons. The van der Waals surface area contributed by atoms with E-state index in [0.29, 0.717) is 0 Å². The molecule has 0 heterocycles. The van der Waals surface area contributed by atoms with Gasteiger partial charge in [0.15, 0.2) is 0 Å². The van der Waals surface area contributed by atoms with Crippen LogP contribution in [-0.2, 0) is 0 Å². The van der Waals surface area contributed by atoms with Crippen LogP contribution in [0, 0.1) is 17.8 Å². The van der Waals surface area contributed by atoms with E-state index in [9.17, 15) is 0 Å². The molecule has 4 atom stereocenters. The highest BCUT2D eigenvalue weighted by Crippen LogP contribution is 2.56. The average Bonchev–Trinajstić information content (AvgIpc) is 2.76. The van der Waals surface area contributed by atoms with E-state index in [4.69, 9.17) is 0 Å². The smallest absolute Gasteiger partial charge is 0.0128 e. The fourth-order valence-electron chi connectivity index (χ4n) is 3.77. The van der Waals surface area contributed by atoms with Crippen molar-refractivity contribution < 1.29 is 0 Å². The molecule has 0 spiro atoms. The summed E-state index contributed by atoms with van der Waals surface area (Å²) < 4.78 is 0. The molecule has 2 fully saturated rings. The van der Waals surface area contributed by atoms with Crippen LogP contribution in [0.5, 0.6) is 0 Å². The Morgan fingerprint density at radius 1 is 1.07 bits per heavy atom. The Morgan fingerprint density at radius 3 is 2.43 bits per heavy atom. The van der Waals surface area contributed by atoms with Crippen molar-refractivity contribution in [2.75, 3.05) is 0 Å². The molecule has 1 aromatic carbocycles. The summed E-state index contributed by atoms with van der Waals surface area (Å²) >= 11 is 0. The molecule has 3 unspecified atom stereocenters. The van der Waals surface area contributed by atoms with Crippen molar-refractivity contribution in [2.45, 2.75) is 32.1 Å². The van der Waals surface area contributed by atoms with Crippen LogP contribution in [0.2, 0.25) is 0 Å². The third kappa shape index (κ3) is 1.13. The van der Waals surface area contributed by atoms with Crippen molar-refractivity contribution in [3.8, 4) is 0 Å². The fraction of sp³-hybridized carbons (Fsp3) is 0.571. The second kappa shape index (κ2) is 3.12. The van der Waals surface area contributed by atoms with Gasteiger partial charge in [0.2, 0.25) is 0 Å². The molecule has 0 aromatic heterocycles. The van der Waals surface area contributed by atoms with Gasteiger partial charge in [0.25, 0.3) is 0 Å². The zero-order valence-corrected chi connectivity index (χ0v) is 8.82. The molecule has 2 bridgehead atoms. The quantitative estimate of drug-likeness (QED) is 0.625. The molecule has 0 saturated heterocycles. The predicted octanol–water partition coefficient (Wildman–Crippen LogP) is 3.84. The average molecular weight is 186 g/mol. The topological polar surface area (TPSA) is 0 Å². The van der Waals surface area contributed by atoms with E-state index < -0.39 is 0 Å². The standard InChI is InChI=1S/C14H18/c1-10-12-7-8-13(10)14(9-12)11-5-3-2-4-6-11/h2-6,10,12-14H,7-9H2,1H3/t10?,12?,13?,14-/m1/s1. The molecule has 0 N–H and O–H groups in total. The van der Waals surface area contributed by atoms with Gasteiger partial charge in [-0.1, -0.05) is 37.3 Å². The van der Waals surface area contributed by atoms with Crippen LogP contribution in [0.1, 0.15) is 37.7 Å². The molecule has 0 heteroatoms. The highest BCUT2D eigenvalue weighted by Gasteiger charge is 2.45. The van der Waals surface area contributed by atoms with Gasteiger partial charge in [-0.2, -0.15) is 0 Å². The van der Waals surface area contributed by atoms with Gasteiger partial charge in [-0.25, -0.2) is 0 Å². The zero-order chi connectivity index (χ0) is 9.54. The number of rotatable bonds is 1. The van der Waals surface area contributed by atoms with Gasteiger partial charge in [-0.05, 0) is 48.5 Å². The van der Waals surface area contributed by atoms with Crippen LogP contribution in [0.25, 0.3) is 0 Å². The molecule has 2 aliphatic rings. The van der Waals surface area contributed by atoms with Gasteiger partial charge >= 0.3 is 0 Å². The van der Waals surface area contributed by atoms with Crippen LogP contribution < -0.4 is 0 Å². The highest BCUT2D eigenvalue weighted by atomic mass is 14.5. The Morgan fingerprint density at radius 2 is 1.86 bits per heavy atom. The first-order valence-electron chi connectivity index (χ1n) is 5.91. The summed E-state index contributed by atoms with van der Waals surface area (Å²) in [6.45, 7) is 2.46. The van der Waals surface area contributed by atoms with Crippen LogP contribution in [0.4, 0.5) is 0 Å². The van der Waals surface area contributed by atoms with Crippen molar-refractivity contribution in [1.29, 1.82) is 0 Å². The van der Waals surface area contributed by atoms with Crippen molar-refractivity contribution in [2.24, 2.45) is 17.8 Å². The van der Waals surface area contributed by atoms with Gasteiger partial charge in [0.05, 0.1) is 0 Å². The van der Waals surface area contributed by atoms with Crippen LogP contribution in [0.3, 0.4) is 0 Å². The second-order valence-corrected chi connectivity index (χ2v) is 5.11. The van der Waals surface area contributed by atoms with E-state index in [1.54, 1.807) is 5.56 Å². The molecule has 1 aromatic rings. The van der Waals surface area contributed by atoms with Crippen LogP contribution in [-0.4, -0.2) is 0 Å². The minimum atomic E-state index is 0.880. The Hall–Kier alpha value is -0.780.